The van der Waals surface area contributed by atoms with E-state index in [0.717, 1.165) is 5.82 Å². The molecule has 0 aliphatic carbocycles. The van der Waals surface area contributed by atoms with Gasteiger partial charge in [-0.15, -0.1) is 0 Å². The van der Waals surface area contributed by atoms with E-state index in [9.17, 15) is 9.36 Å². The SMILES string of the molecule is C=CCOC(=O)C(C)=C[PH](=O)O. The highest BCUT2D eigenvalue weighted by Gasteiger charge is 2.04. The summed E-state index contributed by atoms with van der Waals surface area (Å²) < 4.78 is 14.9. The number of ether oxygens (including phenoxy) is 1. The van der Waals surface area contributed by atoms with E-state index in [0.29, 0.717) is 0 Å². The molecule has 1 N–H and O–H groups in total. The maximum absolute atomic E-state index is 10.9. The van der Waals surface area contributed by atoms with Crippen molar-refractivity contribution in [1.82, 2.24) is 0 Å². The zero-order chi connectivity index (χ0) is 9.56. The summed E-state index contributed by atoms with van der Waals surface area (Å²) in [7, 11) is -2.74. The fraction of sp³-hybridized carbons (Fsp3) is 0.286. The third kappa shape index (κ3) is 4.88. The lowest BCUT2D eigenvalue weighted by atomic mass is 10.4. The Morgan fingerprint density at radius 3 is 2.75 bits per heavy atom. The number of hydrogen-bond acceptors (Lipinski definition) is 3. The van der Waals surface area contributed by atoms with Gasteiger partial charge in [0.25, 0.3) is 0 Å². The van der Waals surface area contributed by atoms with Gasteiger partial charge in [0.1, 0.15) is 6.61 Å². The van der Waals surface area contributed by atoms with Crippen LogP contribution in [0.2, 0.25) is 0 Å². The van der Waals surface area contributed by atoms with Crippen LogP contribution >= 0.6 is 8.03 Å². The maximum Gasteiger partial charge on any atom is 0.334 e. The van der Waals surface area contributed by atoms with Crippen molar-refractivity contribution in [3.05, 3.63) is 24.0 Å². The van der Waals surface area contributed by atoms with Crippen molar-refractivity contribution in [2.75, 3.05) is 6.61 Å². The molecule has 1 atom stereocenters. The summed E-state index contributed by atoms with van der Waals surface area (Å²) in [5.74, 6) is 0.387. The van der Waals surface area contributed by atoms with E-state index < -0.39 is 14.0 Å². The zero-order valence-electron chi connectivity index (χ0n) is 6.74. The normalized spacial score (nSPS) is 13.7. The summed E-state index contributed by atoms with van der Waals surface area (Å²) in [5, 5.41) is 0. The minimum Gasteiger partial charge on any atom is -0.458 e. The zero-order valence-corrected chi connectivity index (χ0v) is 7.74. The predicted octanol–water partition coefficient (Wildman–Crippen LogP) is 1.09. The third-order valence-corrected chi connectivity index (χ3v) is 1.67. The van der Waals surface area contributed by atoms with Gasteiger partial charge in [-0.1, -0.05) is 12.7 Å². The molecule has 0 amide bonds. The van der Waals surface area contributed by atoms with Crippen molar-refractivity contribution in [3.63, 3.8) is 0 Å². The van der Waals surface area contributed by atoms with Gasteiger partial charge >= 0.3 is 5.97 Å². The van der Waals surface area contributed by atoms with Crippen LogP contribution in [0.5, 0.6) is 0 Å². The molecule has 0 saturated heterocycles. The van der Waals surface area contributed by atoms with Gasteiger partial charge in [0.05, 0.1) is 0 Å². The summed E-state index contributed by atoms with van der Waals surface area (Å²) in [6.07, 6.45) is 1.42. The van der Waals surface area contributed by atoms with Gasteiger partial charge in [-0.3, -0.25) is 4.57 Å². The minimum absolute atomic E-state index is 0.108. The van der Waals surface area contributed by atoms with Gasteiger partial charge in [-0.2, -0.15) is 0 Å². The van der Waals surface area contributed by atoms with Crippen LogP contribution in [0.25, 0.3) is 0 Å². The molecule has 0 aromatic heterocycles. The molecular formula is C7H11O4P. The summed E-state index contributed by atoms with van der Waals surface area (Å²) in [6, 6.07) is 0. The standard InChI is InChI=1S/C7H11O4P/c1-3-4-11-7(8)6(2)5-12(9)10/h3,5,12H,1,4H2,2H3,(H,9,10). The quantitative estimate of drug-likeness (QED) is 0.312. The lowest BCUT2D eigenvalue weighted by Crippen LogP contribution is -2.04. The van der Waals surface area contributed by atoms with Crippen LogP contribution in [0.3, 0.4) is 0 Å². The predicted molar refractivity (Wildman–Crippen MR) is 46.1 cm³/mol. The second-order valence-electron chi connectivity index (χ2n) is 2.05. The lowest BCUT2D eigenvalue weighted by Gasteiger charge is -1.99. The molecule has 0 aromatic rings. The minimum atomic E-state index is -2.74. The van der Waals surface area contributed by atoms with Crippen molar-refractivity contribution < 1.29 is 19.0 Å². The Hall–Kier alpha value is -0.860. The van der Waals surface area contributed by atoms with Crippen molar-refractivity contribution in [2.45, 2.75) is 6.92 Å². The van der Waals surface area contributed by atoms with E-state index in [1.165, 1.54) is 13.0 Å². The van der Waals surface area contributed by atoms with Gasteiger partial charge < -0.3 is 9.63 Å². The van der Waals surface area contributed by atoms with E-state index in [1.54, 1.807) is 0 Å². The highest BCUT2D eigenvalue weighted by molar-refractivity contribution is 7.41. The van der Waals surface area contributed by atoms with Crippen LogP contribution in [0, 0.1) is 0 Å². The van der Waals surface area contributed by atoms with Gasteiger partial charge in [-0.05, 0) is 6.92 Å². The maximum atomic E-state index is 10.9. The molecular weight excluding hydrogens is 179 g/mol. The second kappa shape index (κ2) is 5.75. The summed E-state index contributed by atoms with van der Waals surface area (Å²) in [4.78, 5) is 19.3. The molecule has 4 nitrogen and oxygen atoms in total. The smallest absolute Gasteiger partial charge is 0.334 e. The first-order valence-corrected chi connectivity index (χ1v) is 4.70. The number of carbonyl (C=O) groups is 1. The monoisotopic (exact) mass is 190 g/mol. The molecule has 0 saturated carbocycles. The fourth-order valence-electron chi connectivity index (χ4n) is 0.493. The van der Waals surface area contributed by atoms with Crippen LogP contribution in [0.4, 0.5) is 0 Å². The molecule has 0 rings (SSSR count). The van der Waals surface area contributed by atoms with Crippen molar-refractivity contribution in [1.29, 1.82) is 0 Å². The lowest BCUT2D eigenvalue weighted by molar-refractivity contribution is -0.137. The molecule has 68 valence electrons. The number of rotatable bonds is 4. The molecule has 0 bridgehead atoms. The Morgan fingerprint density at radius 1 is 1.75 bits per heavy atom. The van der Waals surface area contributed by atoms with Crippen LogP contribution in [0.15, 0.2) is 24.0 Å². The fourth-order valence-corrected chi connectivity index (χ4v) is 0.981. The molecule has 0 aliphatic heterocycles. The second-order valence-corrected chi connectivity index (χ2v) is 3.02. The van der Waals surface area contributed by atoms with Crippen molar-refractivity contribution in [3.8, 4) is 0 Å². The summed E-state index contributed by atoms with van der Waals surface area (Å²) in [6.45, 7) is 4.88. The van der Waals surface area contributed by atoms with E-state index in [2.05, 4.69) is 11.3 Å². The topological polar surface area (TPSA) is 63.6 Å². The first-order chi connectivity index (χ1) is 5.57. The molecule has 0 radical (unpaired) electrons. The first kappa shape index (κ1) is 11.1. The number of carbonyl (C=O) groups excluding carboxylic acids is 1. The average molecular weight is 190 g/mol. The Bertz CT molecular complexity index is 232. The highest BCUT2D eigenvalue weighted by atomic mass is 31.1. The Morgan fingerprint density at radius 2 is 2.33 bits per heavy atom. The third-order valence-electron chi connectivity index (χ3n) is 0.994. The first-order valence-electron chi connectivity index (χ1n) is 3.27. The molecule has 0 spiro atoms. The highest BCUT2D eigenvalue weighted by Crippen LogP contribution is 2.17. The Balaban J connectivity index is 4.09. The Kier molecular flexibility index (Phi) is 5.34. The van der Waals surface area contributed by atoms with E-state index in [4.69, 9.17) is 4.89 Å². The Labute approximate surface area is 71.4 Å². The largest absolute Gasteiger partial charge is 0.458 e. The summed E-state index contributed by atoms with van der Waals surface area (Å²) >= 11 is 0. The van der Waals surface area contributed by atoms with Crippen LogP contribution in [-0.2, 0) is 14.1 Å². The molecule has 0 heterocycles. The van der Waals surface area contributed by atoms with E-state index >= 15 is 0 Å². The molecule has 1 unspecified atom stereocenters. The molecule has 5 heteroatoms. The molecule has 0 fully saturated rings. The number of esters is 1. The van der Waals surface area contributed by atoms with Crippen LogP contribution in [0.1, 0.15) is 6.92 Å². The van der Waals surface area contributed by atoms with Crippen LogP contribution in [-0.4, -0.2) is 17.5 Å². The van der Waals surface area contributed by atoms with Crippen molar-refractivity contribution in [2.24, 2.45) is 0 Å². The molecule has 12 heavy (non-hydrogen) atoms. The average Bonchev–Trinajstić information content (AvgIpc) is 1.98. The van der Waals surface area contributed by atoms with E-state index in [-0.39, 0.29) is 12.2 Å². The van der Waals surface area contributed by atoms with Crippen molar-refractivity contribution >= 4 is 14.0 Å². The molecule has 0 aromatic carbocycles. The molecule has 0 aliphatic rings. The van der Waals surface area contributed by atoms with Gasteiger partial charge in [0.2, 0.25) is 8.03 Å². The van der Waals surface area contributed by atoms with Gasteiger partial charge in [0.15, 0.2) is 0 Å². The van der Waals surface area contributed by atoms with Crippen LogP contribution < -0.4 is 0 Å². The summed E-state index contributed by atoms with van der Waals surface area (Å²) in [5.41, 5.74) is 0.142. The van der Waals surface area contributed by atoms with Gasteiger partial charge in [0, 0.05) is 11.4 Å². The van der Waals surface area contributed by atoms with E-state index in [1.807, 2.05) is 0 Å². The van der Waals surface area contributed by atoms with Gasteiger partial charge in [-0.25, -0.2) is 4.79 Å². The number of hydrogen-bond donors (Lipinski definition) is 1.